The molecule has 1 saturated heterocycles. The van der Waals surface area contributed by atoms with Crippen LogP contribution in [0.15, 0.2) is 18.2 Å². The molecule has 1 aliphatic heterocycles. The summed E-state index contributed by atoms with van der Waals surface area (Å²) >= 11 is 0. The van der Waals surface area contributed by atoms with Crippen LogP contribution < -0.4 is 15.8 Å². The van der Waals surface area contributed by atoms with Gasteiger partial charge < -0.3 is 20.5 Å². The summed E-state index contributed by atoms with van der Waals surface area (Å²) in [7, 11) is 1.65. The normalized spacial score (nSPS) is 20.2. The van der Waals surface area contributed by atoms with Gasteiger partial charge in [-0.25, -0.2) is 0 Å². The van der Waals surface area contributed by atoms with Crippen molar-refractivity contribution in [2.45, 2.75) is 12.5 Å². The van der Waals surface area contributed by atoms with Gasteiger partial charge in [0.05, 0.1) is 31.1 Å². The van der Waals surface area contributed by atoms with Crippen LogP contribution in [0, 0.1) is 0 Å². The van der Waals surface area contributed by atoms with E-state index >= 15 is 0 Å². The number of nitrogen functional groups attached to an aromatic ring is 1. The number of rotatable bonds is 3. The van der Waals surface area contributed by atoms with E-state index in [1.807, 2.05) is 18.2 Å². The van der Waals surface area contributed by atoms with Crippen LogP contribution in [0.1, 0.15) is 6.42 Å². The smallest absolute Gasteiger partial charge is 0.121 e. The number of methoxy groups -OCH3 is 1. The average Bonchev–Trinajstić information content (AvgIpc) is 2.74. The highest BCUT2D eigenvalue weighted by Gasteiger charge is 2.16. The lowest BCUT2D eigenvalue weighted by Crippen LogP contribution is -2.19. The molecule has 1 unspecified atom stereocenters. The van der Waals surface area contributed by atoms with Crippen molar-refractivity contribution < 1.29 is 9.47 Å². The van der Waals surface area contributed by atoms with Crippen LogP contribution in [0.25, 0.3) is 0 Å². The first-order chi connectivity index (χ1) is 7.29. The summed E-state index contributed by atoms with van der Waals surface area (Å²) in [5.74, 6) is 0.811. The molecule has 4 nitrogen and oxygen atoms in total. The Kier molecular flexibility index (Phi) is 2.97. The van der Waals surface area contributed by atoms with Crippen molar-refractivity contribution >= 4 is 11.4 Å². The van der Waals surface area contributed by atoms with E-state index < -0.39 is 0 Å². The topological polar surface area (TPSA) is 56.5 Å². The monoisotopic (exact) mass is 208 g/mol. The van der Waals surface area contributed by atoms with Crippen LogP contribution in [0.5, 0.6) is 5.75 Å². The number of nitrogens with one attached hydrogen (secondary N) is 1. The van der Waals surface area contributed by atoms with E-state index in [0.29, 0.717) is 6.04 Å². The van der Waals surface area contributed by atoms with E-state index in [1.165, 1.54) is 0 Å². The van der Waals surface area contributed by atoms with Crippen LogP contribution >= 0.6 is 0 Å². The van der Waals surface area contributed by atoms with Gasteiger partial charge >= 0.3 is 0 Å². The molecule has 0 aliphatic carbocycles. The fourth-order valence-electron chi connectivity index (χ4n) is 1.66. The zero-order valence-electron chi connectivity index (χ0n) is 8.82. The second-order valence-electron chi connectivity index (χ2n) is 3.66. The number of hydrogen-bond acceptors (Lipinski definition) is 4. The lowest BCUT2D eigenvalue weighted by atomic mass is 10.2. The molecule has 1 atom stereocenters. The Balaban J connectivity index is 2.11. The van der Waals surface area contributed by atoms with Crippen LogP contribution in [0.4, 0.5) is 11.4 Å². The Morgan fingerprint density at radius 3 is 3.07 bits per heavy atom. The van der Waals surface area contributed by atoms with Crippen molar-refractivity contribution in [2.24, 2.45) is 0 Å². The summed E-state index contributed by atoms with van der Waals surface area (Å²) < 4.78 is 10.4. The standard InChI is InChI=1S/C11H16N2O2/c1-14-9-2-3-10(12)11(6-9)13-8-4-5-15-7-8/h2-3,6,8,13H,4-5,7,12H2,1H3. The molecule has 0 amide bonds. The molecule has 1 heterocycles. The highest BCUT2D eigenvalue weighted by atomic mass is 16.5. The van der Waals surface area contributed by atoms with Crippen molar-refractivity contribution in [3.05, 3.63) is 18.2 Å². The summed E-state index contributed by atoms with van der Waals surface area (Å²) in [5.41, 5.74) is 7.52. The van der Waals surface area contributed by atoms with Gasteiger partial charge in [0, 0.05) is 12.7 Å². The third-order valence-corrected chi connectivity index (χ3v) is 2.55. The second kappa shape index (κ2) is 4.40. The van der Waals surface area contributed by atoms with Gasteiger partial charge in [-0.1, -0.05) is 0 Å². The Hall–Kier alpha value is -1.42. The maximum Gasteiger partial charge on any atom is 0.121 e. The van der Waals surface area contributed by atoms with Gasteiger partial charge in [-0.15, -0.1) is 0 Å². The molecular formula is C11H16N2O2. The molecule has 82 valence electrons. The maximum atomic E-state index is 5.86. The first kappa shape index (κ1) is 10.1. The Bertz CT molecular complexity index is 335. The van der Waals surface area contributed by atoms with E-state index in [9.17, 15) is 0 Å². The van der Waals surface area contributed by atoms with E-state index in [1.54, 1.807) is 7.11 Å². The number of ether oxygens (including phenoxy) is 2. The first-order valence-electron chi connectivity index (χ1n) is 5.07. The van der Waals surface area contributed by atoms with Crippen LogP contribution in [0.2, 0.25) is 0 Å². The SMILES string of the molecule is COc1ccc(N)c(NC2CCOC2)c1. The molecular weight excluding hydrogens is 192 g/mol. The molecule has 4 heteroatoms. The van der Waals surface area contributed by atoms with E-state index in [-0.39, 0.29) is 0 Å². The van der Waals surface area contributed by atoms with Gasteiger partial charge in [-0.05, 0) is 18.6 Å². The summed E-state index contributed by atoms with van der Waals surface area (Å²) in [4.78, 5) is 0. The molecule has 0 bridgehead atoms. The van der Waals surface area contributed by atoms with Crippen LogP contribution in [0.3, 0.4) is 0 Å². The number of anilines is 2. The van der Waals surface area contributed by atoms with Gasteiger partial charge in [-0.3, -0.25) is 0 Å². The van der Waals surface area contributed by atoms with Crippen LogP contribution in [-0.2, 0) is 4.74 Å². The zero-order chi connectivity index (χ0) is 10.7. The number of nitrogens with two attached hydrogens (primary N) is 1. The molecule has 1 aliphatic rings. The molecule has 1 aromatic carbocycles. The third kappa shape index (κ3) is 2.33. The molecule has 3 N–H and O–H groups in total. The minimum Gasteiger partial charge on any atom is -0.497 e. The minimum absolute atomic E-state index is 0.361. The number of benzene rings is 1. The van der Waals surface area contributed by atoms with E-state index in [2.05, 4.69) is 5.32 Å². The third-order valence-electron chi connectivity index (χ3n) is 2.55. The zero-order valence-corrected chi connectivity index (χ0v) is 8.82. The molecule has 1 fully saturated rings. The lowest BCUT2D eigenvalue weighted by molar-refractivity contribution is 0.195. The van der Waals surface area contributed by atoms with Crippen molar-refractivity contribution in [1.29, 1.82) is 0 Å². The fraction of sp³-hybridized carbons (Fsp3) is 0.455. The van der Waals surface area contributed by atoms with E-state index in [0.717, 1.165) is 36.8 Å². The fourth-order valence-corrected chi connectivity index (χ4v) is 1.66. The van der Waals surface area contributed by atoms with Gasteiger partial charge in [0.15, 0.2) is 0 Å². The number of hydrogen-bond donors (Lipinski definition) is 2. The van der Waals surface area contributed by atoms with Gasteiger partial charge in [0.2, 0.25) is 0 Å². The van der Waals surface area contributed by atoms with Crippen molar-refractivity contribution in [1.82, 2.24) is 0 Å². The van der Waals surface area contributed by atoms with Gasteiger partial charge in [0.25, 0.3) is 0 Å². The van der Waals surface area contributed by atoms with E-state index in [4.69, 9.17) is 15.2 Å². The molecule has 2 rings (SSSR count). The van der Waals surface area contributed by atoms with Crippen molar-refractivity contribution in [2.75, 3.05) is 31.4 Å². The largest absolute Gasteiger partial charge is 0.497 e. The van der Waals surface area contributed by atoms with Crippen molar-refractivity contribution in [3.63, 3.8) is 0 Å². The highest BCUT2D eigenvalue weighted by Crippen LogP contribution is 2.26. The minimum atomic E-state index is 0.361. The highest BCUT2D eigenvalue weighted by molar-refractivity contribution is 5.68. The van der Waals surface area contributed by atoms with Crippen molar-refractivity contribution in [3.8, 4) is 5.75 Å². The Labute approximate surface area is 89.4 Å². The molecule has 0 saturated carbocycles. The predicted octanol–water partition coefficient (Wildman–Crippen LogP) is 1.48. The molecule has 0 radical (unpaired) electrons. The van der Waals surface area contributed by atoms with Crippen LogP contribution in [-0.4, -0.2) is 26.4 Å². The van der Waals surface area contributed by atoms with Gasteiger partial charge in [-0.2, -0.15) is 0 Å². The molecule has 1 aromatic rings. The molecule has 0 aromatic heterocycles. The molecule has 15 heavy (non-hydrogen) atoms. The average molecular weight is 208 g/mol. The summed E-state index contributed by atoms with van der Waals surface area (Å²) in [5, 5.41) is 3.35. The first-order valence-corrected chi connectivity index (χ1v) is 5.07. The summed E-state index contributed by atoms with van der Waals surface area (Å²) in [6.07, 6.45) is 1.02. The second-order valence-corrected chi connectivity index (χ2v) is 3.66. The maximum absolute atomic E-state index is 5.86. The Morgan fingerprint density at radius 2 is 2.40 bits per heavy atom. The summed E-state index contributed by atoms with van der Waals surface area (Å²) in [6.45, 7) is 1.57. The van der Waals surface area contributed by atoms with Gasteiger partial charge in [0.1, 0.15) is 5.75 Å². The predicted molar refractivity (Wildman–Crippen MR) is 60.3 cm³/mol. The quantitative estimate of drug-likeness (QED) is 0.739. The molecule has 0 spiro atoms. The Morgan fingerprint density at radius 1 is 1.53 bits per heavy atom. The summed E-state index contributed by atoms with van der Waals surface area (Å²) in [6, 6.07) is 5.97. The lowest BCUT2D eigenvalue weighted by Gasteiger charge is -2.15.